The van der Waals surface area contributed by atoms with Crippen molar-refractivity contribution in [3.8, 4) is 11.5 Å². The quantitative estimate of drug-likeness (QED) is 0.273. The van der Waals surface area contributed by atoms with Crippen molar-refractivity contribution in [3.05, 3.63) is 23.8 Å². The van der Waals surface area contributed by atoms with E-state index >= 15 is 0 Å². The van der Waals surface area contributed by atoms with Crippen molar-refractivity contribution in [2.75, 3.05) is 13.2 Å². The van der Waals surface area contributed by atoms with Crippen LogP contribution < -0.4 is 9.47 Å². The first kappa shape index (κ1) is 21.1. The molecule has 1 aliphatic heterocycles. The van der Waals surface area contributed by atoms with Crippen LogP contribution in [-0.4, -0.2) is 28.4 Å². The second kappa shape index (κ2) is 10.8. The van der Waals surface area contributed by atoms with Gasteiger partial charge >= 0.3 is 0 Å². The van der Waals surface area contributed by atoms with Gasteiger partial charge in [-0.2, -0.15) is 0 Å². The number of halogens is 4. The van der Waals surface area contributed by atoms with Gasteiger partial charge in [0, 0.05) is 20.9 Å². The smallest absolute Gasteiger partial charge is 0.272 e. The van der Waals surface area contributed by atoms with Crippen LogP contribution in [0.25, 0.3) is 0 Å². The summed E-state index contributed by atoms with van der Waals surface area (Å²) in [7, 11) is -0.220. The molecule has 0 amide bonds. The van der Waals surface area contributed by atoms with E-state index in [9.17, 15) is 17.6 Å². The molecule has 1 aromatic rings. The van der Waals surface area contributed by atoms with Crippen LogP contribution in [0.3, 0.4) is 0 Å². The lowest BCUT2D eigenvalue weighted by Gasteiger charge is -2.27. The molecular formula is C19H27F4O2Si. The largest absolute Gasteiger partial charge is 0.493 e. The molecule has 0 spiro atoms. The Bertz CT molecular complexity index is 525. The van der Waals surface area contributed by atoms with Gasteiger partial charge in [-0.1, -0.05) is 44.3 Å². The van der Waals surface area contributed by atoms with Gasteiger partial charge in [0.15, 0.2) is 17.4 Å². The summed E-state index contributed by atoms with van der Waals surface area (Å²) < 4.78 is 61.9. The lowest BCUT2D eigenvalue weighted by Crippen LogP contribution is -2.24. The van der Waals surface area contributed by atoms with Gasteiger partial charge in [0.05, 0.1) is 6.61 Å². The standard InChI is InChI=1S/C19H27F4O2Si/c1-2-3-4-7-26-8-5-14(6-9-26)12-24-15-10-16(20)19(17(21)11-15)25-13-18(22)23/h10-11,14,18H,2-9,12-13H2,1H3. The molecule has 0 atom stereocenters. The first-order valence-electron chi connectivity index (χ1n) is 9.36. The molecule has 0 unspecified atom stereocenters. The van der Waals surface area contributed by atoms with Gasteiger partial charge in [-0.05, 0) is 18.8 Å². The highest BCUT2D eigenvalue weighted by atomic mass is 28.3. The molecule has 0 aliphatic carbocycles. The van der Waals surface area contributed by atoms with E-state index in [1.807, 2.05) is 0 Å². The topological polar surface area (TPSA) is 18.5 Å². The molecule has 7 heteroatoms. The molecule has 1 fully saturated rings. The fraction of sp³-hybridized carbons (Fsp3) is 0.684. The summed E-state index contributed by atoms with van der Waals surface area (Å²) in [5, 5.41) is 0. The molecule has 1 aromatic carbocycles. The SMILES string of the molecule is CCCCC[Si]1CCC(COc2cc(F)c(OCC(F)F)c(F)c2)CC1. The molecule has 0 N–H and O–H groups in total. The predicted octanol–water partition coefficient (Wildman–Crippen LogP) is 6.08. The normalized spacial score (nSPS) is 16.2. The average molecular weight is 392 g/mol. The van der Waals surface area contributed by atoms with Crippen molar-refractivity contribution in [2.24, 2.45) is 5.92 Å². The lowest BCUT2D eigenvalue weighted by molar-refractivity contribution is 0.0776. The van der Waals surface area contributed by atoms with Crippen LogP contribution in [0, 0.1) is 17.6 Å². The van der Waals surface area contributed by atoms with E-state index in [1.165, 1.54) is 37.4 Å². The molecule has 26 heavy (non-hydrogen) atoms. The molecular weight excluding hydrogens is 364 g/mol. The van der Waals surface area contributed by atoms with E-state index < -0.39 is 30.4 Å². The molecule has 1 saturated heterocycles. The first-order valence-corrected chi connectivity index (χ1v) is 11.5. The predicted molar refractivity (Wildman–Crippen MR) is 95.8 cm³/mol. The van der Waals surface area contributed by atoms with Crippen LogP contribution in [-0.2, 0) is 0 Å². The zero-order valence-corrected chi connectivity index (χ0v) is 16.2. The number of rotatable bonds is 10. The number of unbranched alkanes of at least 4 members (excludes halogenated alkanes) is 2. The van der Waals surface area contributed by atoms with Crippen molar-refractivity contribution in [3.63, 3.8) is 0 Å². The van der Waals surface area contributed by atoms with Gasteiger partial charge in [-0.15, -0.1) is 0 Å². The van der Waals surface area contributed by atoms with E-state index in [1.54, 1.807) is 0 Å². The number of benzene rings is 1. The van der Waals surface area contributed by atoms with Gasteiger partial charge in [-0.25, -0.2) is 17.6 Å². The van der Waals surface area contributed by atoms with E-state index in [0.29, 0.717) is 12.5 Å². The third kappa shape index (κ3) is 6.82. The highest BCUT2D eigenvalue weighted by Crippen LogP contribution is 2.31. The third-order valence-corrected chi connectivity index (χ3v) is 7.81. The van der Waals surface area contributed by atoms with Gasteiger partial charge in [-0.3, -0.25) is 0 Å². The van der Waals surface area contributed by atoms with Crippen LogP contribution >= 0.6 is 0 Å². The Morgan fingerprint density at radius 2 is 1.73 bits per heavy atom. The highest BCUT2D eigenvalue weighted by Gasteiger charge is 2.23. The maximum absolute atomic E-state index is 13.8. The fourth-order valence-corrected chi connectivity index (χ4v) is 6.38. The van der Waals surface area contributed by atoms with Crippen LogP contribution in [0.15, 0.2) is 12.1 Å². The Labute approximate surface area is 154 Å². The second-order valence-electron chi connectivity index (χ2n) is 6.88. The summed E-state index contributed by atoms with van der Waals surface area (Å²) in [5.74, 6) is -2.34. The minimum absolute atomic E-state index is 0.0726. The van der Waals surface area contributed by atoms with E-state index in [2.05, 4.69) is 11.7 Å². The number of hydrogen-bond donors (Lipinski definition) is 0. The molecule has 1 heterocycles. The summed E-state index contributed by atoms with van der Waals surface area (Å²) in [6.07, 6.45) is 3.34. The van der Waals surface area contributed by atoms with Crippen LogP contribution in [0.2, 0.25) is 18.1 Å². The van der Waals surface area contributed by atoms with Crippen LogP contribution in [0.1, 0.15) is 39.0 Å². The first-order chi connectivity index (χ1) is 12.5. The molecule has 0 bridgehead atoms. The zero-order valence-electron chi connectivity index (χ0n) is 15.2. The van der Waals surface area contributed by atoms with Crippen LogP contribution in [0.5, 0.6) is 11.5 Å². The van der Waals surface area contributed by atoms with Gasteiger partial charge in [0.1, 0.15) is 12.4 Å². The lowest BCUT2D eigenvalue weighted by atomic mass is 10.0. The summed E-state index contributed by atoms with van der Waals surface area (Å²) in [4.78, 5) is 0. The Balaban J connectivity index is 1.78. The molecule has 147 valence electrons. The van der Waals surface area contributed by atoms with Gasteiger partial charge in [0.25, 0.3) is 6.43 Å². The summed E-state index contributed by atoms with van der Waals surface area (Å²) >= 11 is 0. The Hall–Kier alpha value is -1.24. The minimum Gasteiger partial charge on any atom is -0.493 e. The van der Waals surface area contributed by atoms with Crippen molar-refractivity contribution < 1.29 is 27.0 Å². The maximum atomic E-state index is 13.8. The van der Waals surface area contributed by atoms with Crippen LogP contribution in [0.4, 0.5) is 17.6 Å². The van der Waals surface area contributed by atoms with Gasteiger partial charge < -0.3 is 9.47 Å². The molecule has 2 rings (SSSR count). The highest BCUT2D eigenvalue weighted by molar-refractivity contribution is 6.58. The number of alkyl halides is 2. The zero-order chi connectivity index (χ0) is 18.9. The van der Waals surface area contributed by atoms with E-state index in [-0.39, 0.29) is 14.5 Å². The third-order valence-electron chi connectivity index (χ3n) is 4.76. The Kier molecular flexibility index (Phi) is 8.75. The Morgan fingerprint density at radius 1 is 1.08 bits per heavy atom. The van der Waals surface area contributed by atoms with Crippen molar-refractivity contribution in [1.29, 1.82) is 0 Å². The van der Waals surface area contributed by atoms with E-state index in [0.717, 1.165) is 25.0 Å². The van der Waals surface area contributed by atoms with Crippen molar-refractivity contribution in [2.45, 2.75) is 63.6 Å². The molecule has 1 aliphatic rings. The minimum atomic E-state index is -2.79. The fourth-order valence-electron chi connectivity index (χ4n) is 3.25. The summed E-state index contributed by atoms with van der Waals surface area (Å²) in [6, 6.07) is 5.94. The monoisotopic (exact) mass is 391 g/mol. The second-order valence-corrected chi connectivity index (χ2v) is 9.88. The molecule has 0 aromatic heterocycles. The van der Waals surface area contributed by atoms with Crippen molar-refractivity contribution in [1.82, 2.24) is 0 Å². The number of hydrogen-bond acceptors (Lipinski definition) is 2. The summed E-state index contributed by atoms with van der Waals surface area (Å²) in [6.45, 7) is 1.60. The Morgan fingerprint density at radius 3 is 2.31 bits per heavy atom. The summed E-state index contributed by atoms with van der Waals surface area (Å²) in [5.41, 5.74) is 0. The molecule has 0 saturated carbocycles. The average Bonchev–Trinajstić information content (AvgIpc) is 2.60. The molecule has 2 nitrogen and oxygen atoms in total. The van der Waals surface area contributed by atoms with Crippen molar-refractivity contribution >= 4 is 8.80 Å². The molecule has 1 radical (unpaired) electrons. The maximum Gasteiger partial charge on any atom is 0.272 e. The van der Waals surface area contributed by atoms with E-state index in [4.69, 9.17) is 4.74 Å². The van der Waals surface area contributed by atoms with Gasteiger partial charge in [0.2, 0.25) is 0 Å². The number of ether oxygens (including phenoxy) is 2.